The van der Waals surface area contributed by atoms with Gasteiger partial charge in [-0.15, -0.1) is 5.10 Å². The van der Waals surface area contributed by atoms with E-state index in [0.29, 0.717) is 6.54 Å². The van der Waals surface area contributed by atoms with E-state index in [1.54, 1.807) is 17.9 Å². The fourth-order valence-electron chi connectivity index (χ4n) is 0.836. The molecule has 0 saturated heterocycles. The maximum Gasteiger partial charge on any atom is 0.319 e. The molecule has 0 amide bonds. The molecule has 0 saturated carbocycles. The van der Waals surface area contributed by atoms with Gasteiger partial charge in [0.15, 0.2) is 0 Å². The van der Waals surface area contributed by atoms with Crippen LogP contribution in [0.1, 0.15) is 5.69 Å². The van der Waals surface area contributed by atoms with Crippen molar-refractivity contribution < 1.29 is 9.53 Å². The van der Waals surface area contributed by atoms with Gasteiger partial charge in [-0.25, -0.2) is 0 Å². The van der Waals surface area contributed by atoms with Crippen LogP contribution in [-0.2, 0) is 23.1 Å². The first-order valence-electron chi connectivity index (χ1n) is 3.85. The SMILES string of the molecule is COC(=O)CNCc1cnnn1C. The van der Waals surface area contributed by atoms with Crippen LogP contribution in [0.5, 0.6) is 0 Å². The van der Waals surface area contributed by atoms with E-state index in [0.717, 1.165) is 5.69 Å². The Labute approximate surface area is 75.9 Å². The second kappa shape index (κ2) is 4.56. The van der Waals surface area contributed by atoms with Crippen molar-refractivity contribution in [2.45, 2.75) is 6.54 Å². The van der Waals surface area contributed by atoms with Crippen LogP contribution in [0.25, 0.3) is 0 Å². The monoisotopic (exact) mass is 184 g/mol. The van der Waals surface area contributed by atoms with Crippen LogP contribution in [0.4, 0.5) is 0 Å². The summed E-state index contributed by atoms with van der Waals surface area (Å²) in [5.41, 5.74) is 0.920. The van der Waals surface area contributed by atoms with Crippen LogP contribution in [0.2, 0.25) is 0 Å². The van der Waals surface area contributed by atoms with Gasteiger partial charge < -0.3 is 10.1 Å². The molecule has 0 bridgehead atoms. The van der Waals surface area contributed by atoms with Crippen LogP contribution in [0, 0.1) is 0 Å². The third kappa shape index (κ3) is 2.83. The second-order valence-corrected chi connectivity index (χ2v) is 2.53. The number of nitrogens with zero attached hydrogens (tertiary/aromatic N) is 3. The van der Waals surface area contributed by atoms with Crippen molar-refractivity contribution in [3.63, 3.8) is 0 Å². The normalized spacial score (nSPS) is 10.0. The highest BCUT2D eigenvalue weighted by Crippen LogP contribution is 1.91. The van der Waals surface area contributed by atoms with Crippen molar-refractivity contribution in [1.82, 2.24) is 20.3 Å². The average molecular weight is 184 g/mol. The molecule has 0 atom stereocenters. The third-order valence-corrected chi connectivity index (χ3v) is 1.61. The number of nitrogens with one attached hydrogen (secondary N) is 1. The first kappa shape index (κ1) is 9.66. The summed E-state index contributed by atoms with van der Waals surface area (Å²) >= 11 is 0. The molecule has 0 aliphatic heterocycles. The van der Waals surface area contributed by atoms with Gasteiger partial charge in [0, 0.05) is 13.6 Å². The van der Waals surface area contributed by atoms with Crippen LogP contribution in [0.3, 0.4) is 0 Å². The number of methoxy groups -OCH3 is 1. The Morgan fingerprint density at radius 3 is 3.08 bits per heavy atom. The van der Waals surface area contributed by atoms with E-state index in [1.807, 2.05) is 0 Å². The number of hydrogen-bond donors (Lipinski definition) is 1. The summed E-state index contributed by atoms with van der Waals surface area (Å²) in [6.07, 6.45) is 1.64. The number of esters is 1. The largest absolute Gasteiger partial charge is 0.468 e. The van der Waals surface area contributed by atoms with Gasteiger partial charge in [0.05, 0.1) is 25.5 Å². The molecular weight excluding hydrogens is 172 g/mol. The molecule has 72 valence electrons. The highest BCUT2D eigenvalue weighted by atomic mass is 16.5. The minimum Gasteiger partial charge on any atom is -0.468 e. The molecule has 0 aliphatic rings. The lowest BCUT2D eigenvalue weighted by molar-refractivity contribution is -0.139. The van der Waals surface area contributed by atoms with Crippen molar-refractivity contribution in [2.75, 3.05) is 13.7 Å². The number of ether oxygens (including phenoxy) is 1. The van der Waals surface area contributed by atoms with Gasteiger partial charge in [-0.1, -0.05) is 5.21 Å². The Bertz CT molecular complexity index is 284. The average Bonchev–Trinajstić information content (AvgIpc) is 2.52. The van der Waals surface area contributed by atoms with Gasteiger partial charge in [-0.2, -0.15) is 0 Å². The molecule has 1 aromatic heterocycles. The van der Waals surface area contributed by atoms with Gasteiger partial charge >= 0.3 is 5.97 Å². The minimum absolute atomic E-state index is 0.196. The van der Waals surface area contributed by atoms with Gasteiger partial charge in [-0.3, -0.25) is 9.48 Å². The van der Waals surface area contributed by atoms with E-state index in [-0.39, 0.29) is 12.5 Å². The zero-order chi connectivity index (χ0) is 9.68. The Morgan fingerprint density at radius 2 is 2.54 bits per heavy atom. The predicted molar refractivity (Wildman–Crippen MR) is 44.7 cm³/mol. The number of aryl methyl sites for hydroxylation is 1. The van der Waals surface area contributed by atoms with E-state index in [1.165, 1.54) is 7.11 Å². The molecule has 1 aromatic rings. The molecule has 0 aliphatic carbocycles. The van der Waals surface area contributed by atoms with Crippen LogP contribution in [0.15, 0.2) is 6.20 Å². The molecule has 13 heavy (non-hydrogen) atoms. The summed E-state index contributed by atoms with van der Waals surface area (Å²) in [5.74, 6) is -0.282. The molecule has 6 heteroatoms. The van der Waals surface area contributed by atoms with Crippen molar-refractivity contribution in [1.29, 1.82) is 0 Å². The fraction of sp³-hybridized carbons (Fsp3) is 0.571. The van der Waals surface area contributed by atoms with Gasteiger partial charge in [0.2, 0.25) is 0 Å². The number of carbonyl (C=O) groups excluding carboxylic acids is 1. The molecule has 0 spiro atoms. The fourth-order valence-corrected chi connectivity index (χ4v) is 0.836. The lowest BCUT2D eigenvalue weighted by Gasteiger charge is -2.02. The second-order valence-electron chi connectivity index (χ2n) is 2.53. The molecule has 0 unspecified atom stereocenters. The van der Waals surface area contributed by atoms with E-state index >= 15 is 0 Å². The highest BCUT2D eigenvalue weighted by Gasteiger charge is 2.01. The van der Waals surface area contributed by atoms with Crippen molar-refractivity contribution in [3.05, 3.63) is 11.9 Å². The zero-order valence-electron chi connectivity index (χ0n) is 7.65. The molecule has 1 N–H and O–H groups in total. The summed E-state index contributed by atoms with van der Waals surface area (Å²) in [4.78, 5) is 10.7. The Kier molecular flexibility index (Phi) is 3.39. The standard InChI is InChI=1S/C7H12N4O2/c1-11-6(4-9-10-11)3-8-5-7(12)13-2/h4,8H,3,5H2,1-2H3. The van der Waals surface area contributed by atoms with Gasteiger partial charge in [0.1, 0.15) is 0 Å². The predicted octanol–water partition coefficient (Wildman–Crippen LogP) is -0.922. The van der Waals surface area contributed by atoms with Crippen molar-refractivity contribution in [3.8, 4) is 0 Å². The molecule has 1 rings (SSSR count). The Hall–Kier alpha value is -1.43. The summed E-state index contributed by atoms with van der Waals surface area (Å²) in [6.45, 7) is 0.750. The first-order chi connectivity index (χ1) is 6.24. The Balaban J connectivity index is 2.28. The Morgan fingerprint density at radius 1 is 1.77 bits per heavy atom. The number of aromatic nitrogens is 3. The third-order valence-electron chi connectivity index (χ3n) is 1.61. The van der Waals surface area contributed by atoms with Gasteiger partial charge in [0.25, 0.3) is 0 Å². The first-order valence-corrected chi connectivity index (χ1v) is 3.85. The molecule has 6 nitrogen and oxygen atoms in total. The number of hydrogen-bond acceptors (Lipinski definition) is 5. The smallest absolute Gasteiger partial charge is 0.319 e. The van der Waals surface area contributed by atoms with E-state index < -0.39 is 0 Å². The molecule has 0 aromatic carbocycles. The highest BCUT2D eigenvalue weighted by molar-refractivity contribution is 5.71. The van der Waals surface area contributed by atoms with Crippen molar-refractivity contribution >= 4 is 5.97 Å². The van der Waals surface area contributed by atoms with Gasteiger partial charge in [-0.05, 0) is 0 Å². The molecular formula is C7H12N4O2. The maximum absolute atomic E-state index is 10.7. The summed E-state index contributed by atoms with van der Waals surface area (Å²) in [5, 5.41) is 10.3. The maximum atomic E-state index is 10.7. The van der Waals surface area contributed by atoms with Crippen LogP contribution < -0.4 is 5.32 Å². The van der Waals surface area contributed by atoms with E-state index in [4.69, 9.17) is 0 Å². The molecule has 0 fully saturated rings. The molecule has 1 heterocycles. The number of rotatable bonds is 4. The quantitative estimate of drug-likeness (QED) is 0.613. The van der Waals surface area contributed by atoms with Crippen LogP contribution >= 0.6 is 0 Å². The van der Waals surface area contributed by atoms with E-state index in [2.05, 4.69) is 20.4 Å². The van der Waals surface area contributed by atoms with Crippen LogP contribution in [-0.4, -0.2) is 34.6 Å². The summed E-state index contributed by atoms with van der Waals surface area (Å²) in [6, 6.07) is 0. The van der Waals surface area contributed by atoms with E-state index in [9.17, 15) is 4.79 Å². The lowest BCUT2D eigenvalue weighted by Crippen LogP contribution is -2.24. The molecule has 0 radical (unpaired) electrons. The minimum atomic E-state index is -0.282. The zero-order valence-corrected chi connectivity index (χ0v) is 7.65. The summed E-state index contributed by atoms with van der Waals surface area (Å²) in [7, 11) is 3.15. The van der Waals surface area contributed by atoms with Crippen molar-refractivity contribution in [2.24, 2.45) is 7.05 Å². The summed E-state index contributed by atoms with van der Waals surface area (Å²) < 4.78 is 6.10. The topological polar surface area (TPSA) is 69.0 Å². The number of carbonyl (C=O) groups is 1. The lowest BCUT2D eigenvalue weighted by atomic mass is 10.4.